The number of nitrogens with two attached hydrogens (primary N) is 1. The van der Waals surface area contributed by atoms with Crippen LogP contribution in [0.3, 0.4) is 0 Å². The monoisotopic (exact) mass is 374 g/mol. The number of aromatic nitrogens is 2. The van der Waals surface area contributed by atoms with Gasteiger partial charge in [-0.3, -0.25) is 9.52 Å². The first-order valence-corrected chi connectivity index (χ1v) is 8.62. The molecule has 3 N–H and O–H groups in total. The molecule has 0 amide bonds. The van der Waals surface area contributed by atoms with E-state index in [2.05, 4.69) is 14.9 Å². The Hall–Kier alpha value is -1.65. The van der Waals surface area contributed by atoms with Gasteiger partial charge in [0.05, 0.1) is 11.3 Å². The van der Waals surface area contributed by atoms with E-state index in [1.54, 1.807) is 0 Å². The Morgan fingerprint density at radius 1 is 1.42 bits per heavy atom. The number of halogens is 3. The lowest BCUT2D eigenvalue weighted by atomic mass is 10.1. The lowest BCUT2D eigenvalue weighted by Crippen LogP contribution is -2.20. The summed E-state index contributed by atoms with van der Waals surface area (Å²) >= 11 is 1.67. The van der Waals surface area contributed by atoms with Crippen molar-refractivity contribution in [2.24, 2.45) is 0 Å². The third kappa shape index (κ3) is 3.55. The summed E-state index contributed by atoms with van der Waals surface area (Å²) in [6.07, 6.45) is -0.780. The highest BCUT2D eigenvalue weighted by atomic mass is 32.2. The predicted molar refractivity (Wildman–Crippen MR) is 85.7 cm³/mol. The molecule has 1 aromatic heterocycles. The van der Waals surface area contributed by atoms with E-state index in [1.165, 1.54) is 24.1 Å². The van der Waals surface area contributed by atoms with Crippen LogP contribution in [0.5, 0.6) is 0 Å². The molecule has 0 radical (unpaired) electrons. The Bertz CT molecular complexity index is 792. The van der Waals surface area contributed by atoms with Crippen LogP contribution in [0.2, 0.25) is 0 Å². The summed E-state index contributed by atoms with van der Waals surface area (Å²) in [5, 5.41) is 5.89. The van der Waals surface area contributed by atoms with E-state index < -0.39 is 23.0 Å². The van der Waals surface area contributed by atoms with Crippen molar-refractivity contribution in [1.29, 1.82) is 0 Å². The summed E-state index contributed by atoms with van der Waals surface area (Å²) in [5.74, 6) is -1.47. The van der Waals surface area contributed by atoms with Crippen LogP contribution in [-0.4, -0.2) is 21.5 Å². The number of carbonyl (C=O) groups excluding carboxylic acids is 1. The van der Waals surface area contributed by atoms with E-state index in [0.717, 1.165) is 12.8 Å². The van der Waals surface area contributed by atoms with E-state index in [1.807, 2.05) is 6.92 Å². The van der Waals surface area contributed by atoms with E-state index >= 15 is 0 Å². The zero-order chi connectivity index (χ0) is 17.5. The normalized spacial score (nSPS) is 15.7. The smallest absolute Gasteiger partial charge is 0.291 e. The van der Waals surface area contributed by atoms with E-state index in [4.69, 9.17) is 5.73 Å². The largest absolute Gasteiger partial charge is 0.396 e. The van der Waals surface area contributed by atoms with Gasteiger partial charge in [-0.05, 0) is 43.8 Å². The first-order chi connectivity index (χ1) is 11.3. The highest BCUT2D eigenvalue weighted by molar-refractivity contribution is 7.97. The van der Waals surface area contributed by atoms with Gasteiger partial charge in [-0.15, -0.1) is 10.2 Å². The van der Waals surface area contributed by atoms with Crippen LogP contribution in [0.25, 0.3) is 0 Å². The first-order valence-electron chi connectivity index (χ1n) is 6.98. The lowest BCUT2D eigenvalue weighted by Gasteiger charge is -2.12. The number of benzene rings is 1. The average molecular weight is 374 g/mol. The van der Waals surface area contributed by atoms with Gasteiger partial charge in [-0.25, -0.2) is 13.2 Å². The lowest BCUT2D eigenvalue weighted by molar-refractivity contribution is 0.103. The maximum Gasteiger partial charge on any atom is 0.291 e. The number of rotatable bonds is 6. The molecule has 1 aliphatic rings. The standard InChI is InChI=1S/C14H13F3N4OS2/c1-14(2-3-14)21-24-6-4-7(9(18)8(15)5-6)10(22)12-19-20-13(23-12)11(16)17/h4-5,11,21H,2-3,18H2,1H3. The van der Waals surface area contributed by atoms with E-state index in [-0.39, 0.29) is 21.8 Å². The second-order valence-electron chi connectivity index (χ2n) is 5.71. The molecule has 10 heteroatoms. The van der Waals surface area contributed by atoms with Gasteiger partial charge in [0.2, 0.25) is 5.78 Å². The van der Waals surface area contributed by atoms with Crippen molar-refractivity contribution in [3.8, 4) is 0 Å². The van der Waals surface area contributed by atoms with Crippen molar-refractivity contribution in [2.45, 2.75) is 36.6 Å². The Morgan fingerprint density at radius 2 is 2.12 bits per heavy atom. The number of hydrogen-bond acceptors (Lipinski definition) is 7. The third-order valence-electron chi connectivity index (χ3n) is 3.58. The first kappa shape index (κ1) is 17.2. The molecular formula is C14H13F3N4OS2. The molecule has 1 heterocycles. The molecule has 1 saturated carbocycles. The number of ketones is 1. The molecular weight excluding hydrogens is 361 g/mol. The van der Waals surface area contributed by atoms with Crippen LogP contribution < -0.4 is 10.5 Å². The van der Waals surface area contributed by atoms with Crippen molar-refractivity contribution in [3.63, 3.8) is 0 Å². The van der Waals surface area contributed by atoms with Crippen LogP contribution >= 0.6 is 23.3 Å². The van der Waals surface area contributed by atoms with E-state index in [9.17, 15) is 18.0 Å². The van der Waals surface area contributed by atoms with Crippen molar-refractivity contribution < 1.29 is 18.0 Å². The maximum atomic E-state index is 14.0. The summed E-state index contributed by atoms with van der Waals surface area (Å²) in [4.78, 5) is 12.9. The van der Waals surface area contributed by atoms with Crippen LogP contribution in [0.1, 0.15) is 46.6 Å². The number of nitrogen functional groups attached to an aromatic ring is 1. The van der Waals surface area contributed by atoms with Crippen LogP contribution in [0.15, 0.2) is 17.0 Å². The quantitative estimate of drug-likeness (QED) is 0.457. The SMILES string of the molecule is CC1(NSc2cc(F)c(N)c(C(=O)c3nnc(C(F)F)s3)c2)CC1. The molecule has 0 atom stereocenters. The second-order valence-corrected chi connectivity index (χ2v) is 7.60. The highest BCUT2D eigenvalue weighted by Crippen LogP contribution is 2.38. The van der Waals surface area contributed by atoms with Crippen molar-refractivity contribution in [1.82, 2.24) is 14.9 Å². The van der Waals surface area contributed by atoms with Gasteiger partial charge in [0.15, 0.2) is 10.0 Å². The average Bonchev–Trinajstić information content (AvgIpc) is 3.08. The molecule has 3 rings (SSSR count). The second kappa shape index (κ2) is 6.34. The predicted octanol–water partition coefficient (Wildman–Crippen LogP) is 3.58. The van der Waals surface area contributed by atoms with Crippen molar-refractivity contribution in [3.05, 3.63) is 33.5 Å². The fourth-order valence-electron chi connectivity index (χ4n) is 1.84. The molecule has 2 aromatic rings. The van der Waals surface area contributed by atoms with Crippen LogP contribution in [0, 0.1) is 5.82 Å². The van der Waals surface area contributed by atoms with Crippen LogP contribution in [-0.2, 0) is 0 Å². The number of carbonyl (C=O) groups is 1. The summed E-state index contributed by atoms with van der Waals surface area (Å²) < 4.78 is 42.4. The molecule has 0 bridgehead atoms. The molecule has 5 nitrogen and oxygen atoms in total. The van der Waals surface area contributed by atoms with Crippen LogP contribution in [0.4, 0.5) is 18.9 Å². The molecule has 1 aliphatic carbocycles. The fourth-order valence-corrected chi connectivity index (χ4v) is 3.40. The summed E-state index contributed by atoms with van der Waals surface area (Å²) in [6, 6.07) is 2.65. The number of nitrogens with zero attached hydrogens (tertiary/aromatic N) is 2. The molecule has 0 aliphatic heterocycles. The maximum absolute atomic E-state index is 14.0. The van der Waals surface area contributed by atoms with Gasteiger partial charge < -0.3 is 5.73 Å². The summed E-state index contributed by atoms with van der Waals surface area (Å²) in [6.45, 7) is 2.03. The number of alkyl halides is 2. The van der Waals surface area contributed by atoms with Gasteiger partial charge in [-0.2, -0.15) is 0 Å². The number of anilines is 1. The molecule has 0 saturated heterocycles. The summed E-state index contributed by atoms with van der Waals surface area (Å²) in [5.41, 5.74) is 5.19. The molecule has 128 valence electrons. The zero-order valence-corrected chi connectivity index (χ0v) is 14.1. The Kier molecular flexibility index (Phi) is 4.54. The molecule has 0 spiro atoms. The Morgan fingerprint density at radius 3 is 2.71 bits per heavy atom. The Labute approximate surface area is 144 Å². The minimum absolute atomic E-state index is 0.0120. The third-order valence-corrected chi connectivity index (χ3v) is 5.58. The molecule has 0 unspecified atom stereocenters. The zero-order valence-electron chi connectivity index (χ0n) is 12.5. The van der Waals surface area contributed by atoms with Crippen molar-refractivity contribution >= 4 is 34.8 Å². The van der Waals surface area contributed by atoms with Gasteiger partial charge in [0.1, 0.15) is 5.82 Å². The van der Waals surface area contributed by atoms with Gasteiger partial charge in [-0.1, -0.05) is 11.3 Å². The number of hydrogen-bond donors (Lipinski definition) is 2. The van der Waals surface area contributed by atoms with Gasteiger partial charge in [0.25, 0.3) is 6.43 Å². The molecule has 1 fully saturated rings. The van der Waals surface area contributed by atoms with Gasteiger partial charge >= 0.3 is 0 Å². The minimum atomic E-state index is -2.82. The molecule has 1 aromatic carbocycles. The fraction of sp³-hybridized carbons (Fsp3) is 0.357. The Balaban J connectivity index is 1.87. The van der Waals surface area contributed by atoms with Crippen molar-refractivity contribution in [2.75, 3.05) is 5.73 Å². The highest BCUT2D eigenvalue weighted by Gasteiger charge is 2.37. The molecule has 24 heavy (non-hydrogen) atoms. The van der Waals surface area contributed by atoms with Gasteiger partial charge in [0, 0.05) is 10.4 Å². The number of nitrogens with one attached hydrogen (secondary N) is 1. The minimum Gasteiger partial charge on any atom is -0.396 e. The summed E-state index contributed by atoms with van der Waals surface area (Å²) in [7, 11) is 0. The van der Waals surface area contributed by atoms with E-state index in [0.29, 0.717) is 16.2 Å². The topological polar surface area (TPSA) is 80.9 Å².